The molecule has 2 N–H and O–H groups in total. The molecule has 4 heterocycles. The summed E-state index contributed by atoms with van der Waals surface area (Å²) in [7, 11) is 1.67. The van der Waals surface area contributed by atoms with Gasteiger partial charge in [-0.3, -0.25) is 14.6 Å². The molecule has 0 aliphatic carbocycles. The summed E-state index contributed by atoms with van der Waals surface area (Å²) in [5.41, 5.74) is 2.34. The Kier molecular flexibility index (Phi) is 9.68. The third-order valence-corrected chi connectivity index (χ3v) is 8.41. The molecule has 3 aliphatic rings. The molecule has 0 bridgehead atoms. The molecule has 3 fully saturated rings. The van der Waals surface area contributed by atoms with E-state index in [4.69, 9.17) is 14.5 Å². The first-order chi connectivity index (χ1) is 19.2. The Labute approximate surface area is 232 Å². The largest absolute Gasteiger partial charge is 0.496 e. The Balaban J connectivity index is 1.32. The van der Waals surface area contributed by atoms with Gasteiger partial charge in [-0.05, 0) is 62.4 Å². The van der Waals surface area contributed by atoms with Gasteiger partial charge in [-0.15, -0.1) is 0 Å². The predicted octanol–water partition coefficient (Wildman–Crippen LogP) is 2.49. The molecule has 0 spiro atoms. The molecule has 1 unspecified atom stereocenters. The van der Waals surface area contributed by atoms with Crippen molar-refractivity contribution in [2.45, 2.75) is 31.7 Å². The molecule has 3 saturated heterocycles. The maximum atomic E-state index is 13.4. The van der Waals surface area contributed by atoms with E-state index >= 15 is 0 Å². The lowest BCUT2D eigenvalue weighted by molar-refractivity contribution is 0.0383. The van der Waals surface area contributed by atoms with Crippen LogP contribution in [0, 0.1) is 5.92 Å². The van der Waals surface area contributed by atoms with E-state index in [0.29, 0.717) is 24.1 Å². The summed E-state index contributed by atoms with van der Waals surface area (Å²) in [6, 6.07) is 12.2. The minimum absolute atomic E-state index is 0.0822. The van der Waals surface area contributed by atoms with E-state index in [9.17, 15) is 9.90 Å². The fourth-order valence-corrected chi connectivity index (χ4v) is 6.14. The molecular weight excluding hydrogens is 494 g/mol. The summed E-state index contributed by atoms with van der Waals surface area (Å²) in [5.74, 6) is 1.82. The van der Waals surface area contributed by atoms with Gasteiger partial charge in [0.05, 0.1) is 31.6 Å². The molecular formula is C30H43N5O4. The van der Waals surface area contributed by atoms with Crippen LogP contribution in [0.5, 0.6) is 5.75 Å². The summed E-state index contributed by atoms with van der Waals surface area (Å²) < 4.78 is 11.0. The Morgan fingerprint density at radius 3 is 2.64 bits per heavy atom. The van der Waals surface area contributed by atoms with E-state index in [-0.39, 0.29) is 12.5 Å². The number of carbonyl (C=O) groups excluding carboxylic acids is 1. The molecule has 0 radical (unpaired) electrons. The maximum Gasteiger partial charge on any atom is 0.255 e. The second-order valence-electron chi connectivity index (χ2n) is 10.9. The van der Waals surface area contributed by atoms with Crippen LogP contribution in [0.3, 0.4) is 0 Å². The van der Waals surface area contributed by atoms with Gasteiger partial charge in [0.2, 0.25) is 0 Å². The molecule has 1 aromatic heterocycles. The smallest absolute Gasteiger partial charge is 0.255 e. The normalized spacial score (nSPS) is 21.6. The summed E-state index contributed by atoms with van der Waals surface area (Å²) in [6.07, 6.45) is 4.33. The van der Waals surface area contributed by atoms with Crippen LogP contribution in [0.2, 0.25) is 0 Å². The van der Waals surface area contributed by atoms with Crippen LogP contribution in [0.4, 0.5) is 5.82 Å². The van der Waals surface area contributed by atoms with E-state index < -0.39 is 0 Å². The minimum Gasteiger partial charge on any atom is -0.496 e. The molecule has 5 rings (SSSR count). The molecule has 1 aromatic carbocycles. The van der Waals surface area contributed by atoms with Crippen LogP contribution >= 0.6 is 0 Å². The van der Waals surface area contributed by atoms with Crippen LogP contribution in [-0.4, -0.2) is 111 Å². The van der Waals surface area contributed by atoms with Gasteiger partial charge in [0.25, 0.3) is 5.91 Å². The zero-order chi connectivity index (χ0) is 27.0. The number of aromatic nitrogens is 1. The first-order valence-corrected chi connectivity index (χ1v) is 14.5. The van der Waals surface area contributed by atoms with Crippen molar-refractivity contribution in [3.8, 4) is 17.0 Å². The van der Waals surface area contributed by atoms with Crippen molar-refractivity contribution < 1.29 is 19.4 Å². The number of benzene rings is 1. The molecule has 1 atom stereocenters. The Hall–Kier alpha value is -2.72. The first kappa shape index (κ1) is 27.8. The number of nitrogens with zero attached hydrogens (tertiary/aromatic N) is 4. The highest BCUT2D eigenvalue weighted by Crippen LogP contribution is 2.33. The molecule has 0 saturated carbocycles. The highest BCUT2D eigenvalue weighted by molar-refractivity contribution is 5.99. The van der Waals surface area contributed by atoms with Crippen LogP contribution in [0.1, 0.15) is 36.0 Å². The van der Waals surface area contributed by atoms with Crippen molar-refractivity contribution in [3.05, 3.63) is 42.0 Å². The van der Waals surface area contributed by atoms with Crippen molar-refractivity contribution in [2.24, 2.45) is 5.92 Å². The SMILES string of the molecule is COc1ccccc1-c1ccc(C(=O)NCCN2CCOCC2)c(N2CCC(N3CCCC(CO)C3)CC2)n1. The number of hydrogen-bond acceptors (Lipinski definition) is 8. The molecule has 39 heavy (non-hydrogen) atoms. The standard InChI is InChI=1S/C30H43N5O4/c1-38-28-7-3-2-6-25(28)27-9-8-26(30(37)31-12-16-33-17-19-39-20-18-33)29(32-27)34-14-10-24(11-15-34)35-13-4-5-23(21-35)22-36/h2-3,6-9,23-24,36H,4-5,10-22H2,1H3,(H,31,37). The number of pyridine rings is 1. The van der Waals surface area contributed by atoms with Crippen molar-refractivity contribution >= 4 is 11.7 Å². The lowest BCUT2D eigenvalue weighted by Crippen LogP contribution is -2.49. The van der Waals surface area contributed by atoms with Gasteiger partial charge in [-0.2, -0.15) is 0 Å². The Morgan fingerprint density at radius 1 is 1.08 bits per heavy atom. The Morgan fingerprint density at radius 2 is 1.87 bits per heavy atom. The van der Waals surface area contributed by atoms with Gasteiger partial charge < -0.3 is 24.8 Å². The number of ether oxygens (including phenoxy) is 2. The van der Waals surface area contributed by atoms with Crippen molar-refractivity contribution in [1.29, 1.82) is 0 Å². The number of aliphatic hydroxyl groups excluding tert-OH is 1. The van der Waals surface area contributed by atoms with Crippen molar-refractivity contribution in [2.75, 3.05) is 84.2 Å². The molecule has 2 aromatic rings. The number of aliphatic hydroxyl groups is 1. The second kappa shape index (κ2) is 13.6. The van der Waals surface area contributed by atoms with Gasteiger partial charge >= 0.3 is 0 Å². The summed E-state index contributed by atoms with van der Waals surface area (Å²) in [4.78, 5) is 25.7. The topological polar surface area (TPSA) is 90.4 Å². The van der Waals surface area contributed by atoms with E-state index in [1.165, 1.54) is 0 Å². The molecule has 9 heteroatoms. The summed E-state index contributed by atoms with van der Waals surface area (Å²) in [6.45, 7) is 8.78. The number of morpholine rings is 1. The van der Waals surface area contributed by atoms with Crippen LogP contribution < -0.4 is 15.0 Å². The van der Waals surface area contributed by atoms with Crippen LogP contribution in [0.25, 0.3) is 11.3 Å². The van der Waals surface area contributed by atoms with E-state index in [0.717, 1.165) is 108 Å². The average molecular weight is 538 g/mol. The molecule has 3 aliphatic heterocycles. The van der Waals surface area contributed by atoms with E-state index in [2.05, 4.69) is 20.0 Å². The summed E-state index contributed by atoms with van der Waals surface area (Å²) >= 11 is 0. The molecule has 212 valence electrons. The lowest BCUT2D eigenvalue weighted by atomic mass is 9.94. The third kappa shape index (κ3) is 6.90. The number of hydrogen-bond donors (Lipinski definition) is 2. The maximum absolute atomic E-state index is 13.4. The van der Waals surface area contributed by atoms with Crippen LogP contribution in [0.15, 0.2) is 36.4 Å². The fraction of sp³-hybridized carbons (Fsp3) is 0.600. The Bertz CT molecular complexity index is 1080. The zero-order valence-corrected chi connectivity index (χ0v) is 23.2. The van der Waals surface area contributed by atoms with Gasteiger partial charge in [-0.25, -0.2) is 4.98 Å². The van der Waals surface area contributed by atoms with Crippen molar-refractivity contribution in [1.82, 2.24) is 20.1 Å². The molecule has 9 nitrogen and oxygen atoms in total. The zero-order valence-electron chi connectivity index (χ0n) is 23.2. The highest BCUT2D eigenvalue weighted by atomic mass is 16.5. The number of nitrogens with one attached hydrogen (secondary N) is 1. The number of piperidine rings is 2. The number of amides is 1. The monoisotopic (exact) mass is 537 g/mol. The number of para-hydroxylation sites is 1. The quantitative estimate of drug-likeness (QED) is 0.505. The minimum atomic E-state index is -0.0822. The van der Waals surface area contributed by atoms with Gasteiger partial charge in [0, 0.05) is 64.0 Å². The predicted molar refractivity (Wildman–Crippen MR) is 152 cm³/mol. The van der Waals surface area contributed by atoms with Crippen molar-refractivity contribution in [3.63, 3.8) is 0 Å². The average Bonchev–Trinajstić information content (AvgIpc) is 3.01. The summed E-state index contributed by atoms with van der Waals surface area (Å²) in [5, 5.41) is 12.8. The highest BCUT2D eigenvalue weighted by Gasteiger charge is 2.30. The lowest BCUT2D eigenvalue weighted by Gasteiger charge is -2.42. The number of rotatable bonds is 9. The number of carbonyl (C=O) groups is 1. The second-order valence-corrected chi connectivity index (χ2v) is 10.9. The van der Waals surface area contributed by atoms with E-state index in [1.807, 2.05) is 36.4 Å². The van der Waals surface area contributed by atoms with Gasteiger partial charge in [-0.1, -0.05) is 12.1 Å². The number of likely N-dealkylation sites (tertiary alicyclic amines) is 1. The number of anilines is 1. The van der Waals surface area contributed by atoms with Crippen LogP contribution in [-0.2, 0) is 4.74 Å². The third-order valence-electron chi connectivity index (χ3n) is 8.41. The molecule has 1 amide bonds. The first-order valence-electron chi connectivity index (χ1n) is 14.5. The fourth-order valence-electron chi connectivity index (χ4n) is 6.14. The van der Waals surface area contributed by atoms with Gasteiger partial charge in [0.1, 0.15) is 11.6 Å². The van der Waals surface area contributed by atoms with E-state index in [1.54, 1.807) is 7.11 Å². The number of methoxy groups -OCH3 is 1. The van der Waals surface area contributed by atoms with Gasteiger partial charge in [0.15, 0.2) is 0 Å².